The third-order valence-corrected chi connectivity index (χ3v) is 3.52. The molecule has 1 unspecified atom stereocenters. The summed E-state index contributed by atoms with van der Waals surface area (Å²) >= 11 is 0. The first-order chi connectivity index (χ1) is 11.9. The van der Waals surface area contributed by atoms with E-state index in [0.717, 1.165) is 0 Å². The average molecular weight is 349 g/mol. The van der Waals surface area contributed by atoms with Gasteiger partial charge in [-0.2, -0.15) is 0 Å². The van der Waals surface area contributed by atoms with Gasteiger partial charge in [-0.05, 0) is 25.0 Å². The smallest absolute Gasteiger partial charge is 0.311 e. The molecule has 7 heteroatoms. The number of carboxylic acid groups (broad SMARTS) is 1. The summed E-state index contributed by atoms with van der Waals surface area (Å²) in [6.07, 6.45) is 2.55. The van der Waals surface area contributed by atoms with Crippen molar-refractivity contribution >= 4 is 11.9 Å². The minimum absolute atomic E-state index is 0.129. The first kappa shape index (κ1) is 18.8. The third kappa shape index (κ3) is 5.22. The predicted octanol–water partition coefficient (Wildman–Crippen LogP) is 2.95. The van der Waals surface area contributed by atoms with Crippen molar-refractivity contribution in [1.29, 1.82) is 0 Å². The van der Waals surface area contributed by atoms with Crippen LogP contribution in [0.5, 0.6) is 0 Å². The molecule has 0 saturated heterocycles. The van der Waals surface area contributed by atoms with Crippen molar-refractivity contribution in [1.82, 2.24) is 5.32 Å². The molecule has 0 aliphatic rings. The quantitative estimate of drug-likeness (QED) is 0.722. The number of amides is 1. The van der Waals surface area contributed by atoms with E-state index in [1.807, 2.05) is 13.8 Å². The topological polar surface area (TPSA) is 102 Å². The molecule has 1 amide bonds. The number of carboxylic acids is 1. The van der Waals surface area contributed by atoms with E-state index in [4.69, 9.17) is 18.7 Å². The van der Waals surface area contributed by atoms with E-state index in [-0.39, 0.29) is 24.4 Å². The van der Waals surface area contributed by atoms with Crippen LogP contribution in [0, 0.1) is 12.8 Å². The Kier molecular flexibility index (Phi) is 6.41. The highest BCUT2D eigenvalue weighted by Crippen LogP contribution is 2.20. The van der Waals surface area contributed by atoms with Crippen molar-refractivity contribution in [3.8, 4) is 0 Å². The maximum Gasteiger partial charge on any atom is 0.311 e. The number of nitrogens with one attached hydrogen (secondary N) is 1. The second kappa shape index (κ2) is 8.53. The molecule has 0 aromatic carbocycles. The first-order valence-electron chi connectivity index (χ1n) is 8.09. The molecule has 2 heterocycles. The third-order valence-electron chi connectivity index (χ3n) is 3.52. The molecule has 0 spiro atoms. The van der Waals surface area contributed by atoms with E-state index < -0.39 is 17.9 Å². The lowest BCUT2D eigenvalue weighted by Crippen LogP contribution is -2.32. The molecule has 0 aliphatic carbocycles. The summed E-state index contributed by atoms with van der Waals surface area (Å²) < 4.78 is 16.2. The number of aliphatic carboxylic acids is 1. The minimum Gasteiger partial charge on any atom is -0.481 e. The molecule has 2 aromatic rings. The van der Waals surface area contributed by atoms with Crippen LogP contribution in [0.25, 0.3) is 0 Å². The highest BCUT2D eigenvalue weighted by molar-refractivity contribution is 5.97. The van der Waals surface area contributed by atoms with Gasteiger partial charge in [-0.1, -0.05) is 13.8 Å². The van der Waals surface area contributed by atoms with Crippen molar-refractivity contribution in [3.63, 3.8) is 0 Å². The number of hydrogen-bond acceptors (Lipinski definition) is 5. The lowest BCUT2D eigenvalue weighted by atomic mass is 10.1. The van der Waals surface area contributed by atoms with Crippen LogP contribution in [-0.4, -0.2) is 30.2 Å². The molecule has 0 radical (unpaired) electrons. The molecule has 2 rings (SSSR count). The van der Waals surface area contributed by atoms with Crippen LogP contribution >= 0.6 is 0 Å². The summed E-state index contributed by atoms with van der Waals surface area (Å²) in [4.78, 5) is 23.6. The first-order valence-corrected chi connectivity index (χ1v) is 8.09. The number of carbonyl (C=O) groups is 2. The van der Waals surface area contributed by atoms with Gasteiger partial charge in [0.25, 0.3) is 5.91 Å². The van der Waals surface area contributed by atoms with Crippen molar-refractivity contribution in [2.24, 2.45) is 5.92 Å². The molecule has 136 valence electrons. The van der Waals surface area contributed by atoms with Gasteiger partial charge >= 0.3 is 5.97 Å². The lowest BCUT2D eigenvalue weighted by Gasteiger charge is -2.18. The Labute approximate surface area is 146 Å². The van der Waals surface area contributed by atoms with Gasteiger partial charge < -0.3 is 24.0 Å². The van der Waals surface area contributed by atoms with Gasteiger partial charge in [0.15, 0.2) is 0 Å². The van der Waals surface area contributed by atoms with Gasteiger partial charge in [-0.25, -0.2) is 0 Å². The van der Waals surface area contributed by atoms with Crippen LogP contribution in [0.15, 0.2) is 33.5 Å². The summed E-state index contributed by atoms with van der Waals surface area (Å²) in [6, 6.07) is 3.01. The number of aryl methyl sites for hydroxylation is 1. The molecule has 25 heavy (non-hydrogen) atoms. The maximum absolute atomic E-state index is 12.7. The number of rotatable bonds is 9. The Balaban J connectivity index is 2.14. The zero-order valence-corrected chi connectivity index (χ0v) is 14.6. The van der Waals surface area contributed by atoms with Crippen LogP contribution in [0.3, 0.4) is 0 Å². The molecular formula is C18H23NO6. The zero-order valence-electron chi connectivity index (χ0n) is 14.6. The van der Waals surface area contributed by atoms with Crippen molar-refractivity contribution in [2.75, 3.05) is 13.2 Å². The van der Waals surface area contributed by atoms with Crippen LogP contribution < -0.4 is 5.32 Å². The fourth-order valence-electron chi connectivity index (χ4n) is 2.41. The van der Waals surface area contributed by atoms with Gasteiger partial charge in [0, 0.05) is 12.2 Å². The minimum atomic E-state index is -1.06. The summed E-state index contributed by atoms with van der Waals surface area (Å²) in [6.45, 7) is 6.58. The van der Waals surface area contributed by atoms with Gasteiger partial charge in [0.2, 0.25) is 0 Å². The Bertz CT molecular complexity index is 701. The van der Waals surface area contributed by atoms with Gasteiger partial charge in [0.1, 0.15) is 24.0 Å². The van der Waals surface area contributed by atoms with E-state index in [9.17, 15) is 9.59 Å². The molecule has 0 saturated carbocycles. The summed E-state index contributed by atoms with van der Waals surface area (Å²) in [7, 11) is 0. The number of furan rings is 2. The van der Waals surface area contributed by atoms with E-state index in [2.05, 4.69) is 5.32 Å². The normalized spacial score (nSPS) is 12.3. The highest BCUT2D eigenvalue weighted by atomic mass is 16.5. The molecule has 2 N–H and O–H groups in total. The summed E-state index contributed by atoms with van der Waals surface area (Å²) in [5, 5.41) is 11.8. The molecule has 7 nitrogen and oxygen atoms in total. The maximum atomic E-state index is 12.7. The van der Waals surface area contributed by atoms with Gasteiger partial charge in [-0.3, -0.25) is 9.59 Å². The van der Waals surface area contributed by atoms with Crippen molar-refractivity contribution < 1.29 is 28.3 Å². The van der Waals surface area contributed by atoms with E-state index in [0.29, 0.717) is 23.8 Å². The molecule has 0 bridgehead atoms. The predicted molar refractivity (Wildman–Crippen MR) is 89.4 cm³/mol. The fraction of sp³-hybridized carbons (Fsp3) is 0.444. The van der Waals surface area contributed by atoms with Crippen molar-refractivity contribution in [3.05, 3.63) is 47.3 Å². The van der Waals surface area contributed by atoms with Crippen LogP contribution in [0.4, 0.5) is 0 Å². The molecule has 0 fully saturated rings. The van der Waals surface area contributed by atoms with E-state index in [1.54, 1.807) is 19.1 Å². The van der Waals surface area contributed by atoms with Crippen LogP contribution in [-0.2, 0) is 16.0 Å². The second-order valence-corrected chi connectivity index (χ2v) is 6.26. The Morgan fingerprint density at radius 3 is 2.64 bits per heavy atom. The molecule has 2 aromatic heterocycles. The largest absolute Gasteiger partial charge is 0.481 e. The number of carbonyl (C=O) groups excluding carboxylic acids is 1. The van der Waals surface area contributed by atoms with Crippen LogP contribution in [0.1, 0.15) is 47.3 Å². The van der Waals surface area contributed by atoms with Gasteiger partial charge in [0.05, 0.1) is 24.7 Å². The SMILES string of the molecule is Cc1coc(CC(=O)O)c1C(=O)NC(COCC(C)C)c1ccco1. The van der Waals surface area contributed by atoms with Gasteiger partial charge in [-0.15, -0.1) is 0 Å². The lowest BCUT2D eigenvalue weighted by molar-refractivity contribution is -0.136. The fourth-order valence-corrected chi connectivity index (χ4v) is 2.41. The number of hydrogen-bond donors (Lipinski definition) is 2. The number of ether oxygens (including phenoxy) is 1. The zero-order chi connectivity index (χ0) is 18.4. The monoisotopic (exact) mass is 349 g/mol. The summed E-state index contributed by atoms with van der Waals surface area (Å²) in [5.74, 6) is -0.420. The standard InChI is InChI=1S/C18H23NO6/c1-11(2)8-23-10-13(14-5-4-6-24-14)19-18(22)17-12(3)9-25-15(17)7-16(20)21/h4-6,9,11,13H,7-8,10H2,1-3H3,(H,19,22)(H,20,21). The average Bonchev–Trinajstić information content (AvgIpc) is 3.15. The molecule has 0 aliphatic heterocycles. The van der Waals surface area contributed by atoms with E-state index in [1.165, 1.54) is 12.5 Å². The molecular weight excluding hydrogens is 326 g/mol. The highest BCUT2D eigenvalue weighted by Gasteiger charge is 2.24. The van der Waals surface area contributed by atoms with Crippen LogP contribution in [0.2, 0.25) is 0 Å². The second-order valence-electron chi connectivity index (χ2n) is 6.26. The molecule has 1 atom stereocenters. The summed E-state index contributed by atoms with van der Waals surface area (Å²) in [5.41, 5.74) is 0.817. The Morgan fingerprint density at radius 2 is 2.04 bits per heavy atom. The Morgan fingerprint density at radius 1 is 1.28 bits per heavy atom. The van der Waals surface area contributed by atoms with E-state index >= 15 is 0 Å². The Hall–Kier alpha value is -2.54. The van der Waals surface area contributed by atoms with Crippen molar-refractivity contribution in [2.45, 2.75) is 33.2 Å².